The van der Waals surface area contributed by atoms with Crippen LogP contribution in [0.25, 0.3) is 0 Å². The van der Waals surface area contributed by atoms with Gasteiger partial charge in [-0.3, -0.25) is 0 Å². The van der Waals surface area contributed by atoms with Crippen molar-refractivity contribution in [1.29, 1.82) is 0 Å². The molecule has 1 N–H and O–H groups in total. The van der Waals surface area contributed by atoms with Gasteiger partial charge in [0.05, 0.1) is 12.7 Å². The van der Waals surface area contributed by atoms with Gasteiger partial charge in [0.1, 0.15) is 0 Å². The summed E-state index contributed by atoms with van der Waals surface area (Å²) < 4.78 is 10.7. The predicted octanol–water partition coefficient (Wildman–Crippen LogP) is 1.11. The van der Waals surface area contributed by atoms with E-state index in [2.05, 4.69) is 10.2 Å². The van der Waals surface area contributed by atoms with Crippen molar-refractivity contribution in [2.24, 2.45) is 5.92 Å². The Hall–Kier alpha value is -0.160. The lowest BCUT2D eigenvalue weighted by atomic mass is 9.97. The number of methoxy groups -OCH3 is 1. The molecule has 0 aliphatic carbocycles. The Morgan fingerprint density at radius 2 is 2.06 bits per heavy atom. The van der Waals surface area contributed by atoms with Gasteiger partial charge in [0.2, 0.25) is 0 Å². The van der Waals surface area contributed by atoms with Gasteiger partial charge in [-0.1, -0.05) is 0 Å². The van der Waals surface area contributed by atoms with Gasteiger partial charge in [-0.25, -0.2) is 0 Å². The molecular formula is C14H28N2O2. The lowest BCUT2D eigenvalue weighted by Crippen LogP contribution is -2.39. The van der Waals surface area contributed by atoms with Gasteiger partial charge < -0.3 is 19.7 Å². The summed E-state index contributed by atoms with van der Waals surface area (Å²) in [6, 6.07) is 0. The molecule has 4 heteroatoms. The minimum atomic E-state index is 0.479. The number of rotatable bonds is 7. The summed E-state index contributed by atoms with van der Waals surface area (Å²) in [5, 5.41) is 3.59. The van der Waals surface area contributed by atoms with Gasteiger partial charge in [0, 0.05) is 26.8 Å². The second kappa shape index (κ2) is 8.10. The number of hydrogen-bond donors (Lipinski definition) is 1. The molecule has 0 saturated carbocycles. The number of likely N-dealkylation sites (tertiary alicyclic amines) is 1. The highest BCUT2D eigenvalue weighted by atomic mass is 16.5. The fourth-order valence-corrected chi connectivity index (χ4v) is 2.89. The maximum atomic E-state index is 5.62. The Labute approximate surface area is 111 Å². The van der Waals surface area contributed by atoms with E-state index in [1.807, 2.05) is 0 Å². The highest BCUT2D eigenvalue weighted by Crippen LogP contribution is 2.16. The minimum absolute atomic E-state index is 0.479. The molecule has 18 heavy (non-hydrogen) atoms. The van der Waals surface area contributed by atoms with Crippen molar-refractivity contribution < 1.29 is 9.47 Å². The molecule has 0 radical (unpaired) electrons. The minimum Gasteiger partial charge on any atom is -0.383 e. The molecule has 0 aromatic carbocycles. The van der Waals surface area contributed by atoms with E-state index in [9.17, 15) is 0 Å². The Morgan fingerprint density at radius 1 is 1.22 bits per heavy atom. The third-order valence-electron chi connectivity index (χ3n) is 4.15. The van der Waals surface area contributed by atoms with Crippen LogP contribution in [-0.4, -0.2) is 64.1 Å². The Balaban J connectivity index is 1.50. The summed E-state index contributed by atoms with van der Waals surface area (Å²) in [5.74, 6) is 0.852. The first-order valence-corrected chi connectivity index (χ1v) is 7.42. The number of ether oxygens (including phenoxy) is 2. The van der Waals surface area contributed by atoms with Gasteiger partial charge in [-0.05, 0) is 51.2 Å². The van der Waals surface area contributed by atoms with Crippen LogP contribution in [0.3, 0.4) is 0 Å². The Bertz CT molecular complexity index is 212. The van der Waals surface area contributed by atoms with E-state index in [0.717, 1.165) is 38.8 Å². The van der Waals surface area contributed by atoms with Gasteiger partial charge in [0.15, 0.2) is 0 Å². The van der Waals surface area contributed by atoms with Crippen LogP contribution >= 0.6 is 0 Å². The average molecular weight is 256 g/mol. The maximum Gasteiger partial charge on any atom is 0.0700 e. The molecule has 2 heterocycles. The first kappa shape index (κ1) is 14.3. The molecule has 106 valence electrons. The third kappa shape index (κ3) is 4.84. The van der Waals surface area contributed by atoms with Crippen LogP contribution in [0.15, 0.2) is 0 Å². The van der Waals surface area contributed by atoms with E-state index < -0.39 is 0 Å². The highest BCUT2D eigenvalue weighted by molar-refractivity contribution is 4.75. The molecule has 2 fully saturated rings. The first-order valence-electron chi connectivity index (χ1n) is 7.42. The average Bonchev–Trinajstić information content (AvgIpc) is 2.91. The van der Waals surface area contributed by atoms with E-state index in [1.165, 1.54) is 38.8 Å². The molecule has 0 amide bonds. The maximum absolute atomic E-state index is 5.62. The van der Waals surface area contributed by atoms with E-state index in [0.29, 0.717) is 6.10 Å². The molecule has 2 aliphatic heterocycles. The van der Waals surface area contributed by atoms with Crippen LogP contribution in [-0.2, 0) is 9.47 Å². The van der Waals surface area contributed by atoms with E-state index in [1.54, 1.807) is 7.11 Å². The second-order valence-electron chi connectivity index (χ2n) is 5.57. The van der Waals surface area contributed by atoms with Crippen molar-refractivity contribution in [3.8, 4) is 0 Å². The molecule has 0 aromatic rings. The zero-order valence-corrected chi connectivity index (χ0v) is 11.7. The zero-order valence-electron chi connectivity index (χ0n) is 11.7. The zero-order chi connectivity index (χ0) is 12.6. The van der Waals surface area contributed by atoms with Gasteiger partial charge in [0.25, 0.3) is 0 Å². The standard InChI is InChI=1S/C14H28N2O2/c1-17-10-8-16-6-4-13(5-7-16)11-15-12-14-3-2-9-18-14/h13-15H,2-12H2,1H3. The molecule has 0 aromatic heterocycles. The largest absolute Gasteiger partial charge is 0.383 e. The number of nitrogens with one attached hydrogen (secondary N) is 1. The van der Waals surface area contributed by atoms with Crippen LogP contribution in [0.1, 0.15) is 25.7 Å². The van der Waals surface area contributed by atoms with Crippen molar-refractivity contribution >= 4 is 0 Å². The van der Waals surface area contributed by atoms with E-state index in [-0.39, 0.29) is 0 Å². The first-order chi connectivity index (χ1) is 8.88. The van der Waals surface area contributed by atoms with Crippen LogP contribution in [0.2, 0.25) is 0 Å². The molecule has 1 atom stereocenters. The molecule has 2 aliphatic rings. The smallest absolute Gasteiger partial charge is 0.0700 e. The van der Waals surface area contributed by atoms with Gasteiger partial charge in [-0.2, -0.15) is 0 Å². The molecule has 0 bridgehead atoms. The van der Waals surface area contributed by atoms with Crippen LogP contribution in [0.5, 0.6) is 0 Å². The topological polar surface area (TPSA) is 33.7 Å². The molecule has 1 unspecified atom stereocenters. The van der Waals surface area contributed by atoms with E-state index in [4.69, 9.17) is 9.47 Å². The number of nitrogens with zero attached hydrogens (tertiary/aromatic N) is 1. The molecule has 0 spiro atoms. The fraction of sp³-hybridized carbons (Fsp3) is 1.00. The summed E-state index contributed by atoms with van der Waals surface area (Å²) in [4.78, 5) is 2.51. The van der Waals surface area contributed by atoms with Crippen LogP contribution in [0, 0.1) is 5.92 Å². The Morgan fingerprint density at radius 3 is 2.72 bits per heavy atom. The molecular weight excluding hydrogens is 228 g/mol. The summed E-state index contributed by atoms with van der Waals surface area (Å²) in [7, 11) is 1.78. The van der Waals surface area contributed by atoms with Crippen molar-refractivity contribution in [2.45, 2.75) is 31.8 Å². The molecule has 4 nitrogen and oxygen atoms in total. The summed E-state index contributed by atoms with van der Waals surface area (Å²) in [6.45, 7) is 7.59. The van der Waals surface area contributed by atoms with Crippen molar-refractivity contribution in [1.82, 2.24) is 10.2 Å². The summed E-state index contributed by atoms with van der Waals surface area (Å²) >= 11 is 0. The highest BCUT2D eigenvalue weighted by Gasteiger charge is 2.20. The fourth-order valence-electron chi connectivity index (χ4n) is 2.89. The molecule has 2 rings (SSSR count). The lowest BCUT2D eigenvalue weighted by molar-refractivity contribution is 0.103. The van der Waals surface area contributed by atoms with Gasteiger partial charge in [-0.15, -0.1) is 0 Å². The second-order valence-corrected chi connectivity index (χ2v) is 5.57. The lowest BCUT2D eigenvalue weighted by Gasteiger charge is -2.32. The molecule has 2 saturated heterocycles. The van der Waals surface area contributed by atoms with Crippen molar-refractivity contribution in [3.05, 3.63) is 0 Å². The summed E-state index contributed by atoms with van der Waals surface area (Å²) in [5.41, 5.74) is 0. The van der Waals surface area contributed by atoms with Crippen LogP contribution < -0.4 is 5.32 Å². The third-order valence-corrected chi connectivity index (χ3v) is 4.15. The van der Waals surface area contributed by atoms with Gasteiger partial charge >= 0.3 is 0 Å². The van der Waals surface area contributed by atoms with Crippen LogP contribution in [0.4, 0.5) is 0 Å². The van der Waals surface area contributed by atoms with Crippen molar-refractivity contribution in [2.75, 3.05) is 53.0 Å². The van der Waals surface area contributed by atoms with Crippen molar-refractivity contribution in [3.63, 3.8) is 0 Å². The monoisotopic (exact) mass is 256 g/mol. The summed E-state index contributed by atoms with van der Waals surface area (Å²) in [6.07, 6.45) is 5.60. The normalized spacial score (nSPS) is 26.8. The quantitative estimate of drug-likeness (QED) is 0.740. The van der Waals surface area contributed by atoms with E-state index >= 15 is 0 Å². The number of piperidine rings is 1. The number of hydrogen-bond acceptors (Lipinski definition) is 4. The Kier molecular flexibility index (Phi) is 6.41. The predicted molar refractivity (Wildman–Crippen MR) is 72.9 cm³/mol. The SMILES string of the molecule is COCCN1CCC(CNCC2CCCO2)CC1.